The van der Waals surface area contributed by atoms with E-state index in [-0.39, 0.29) is 29.1 Å². The van der Waals surface area contributed by atoms with Gasteiger partial charge in [0.2, 0.25) is 0 Å². The number of halogens is 2. The molecular formula is C13H12F2N2O3S. The third kappa shape index (κ3) is 3.72. The van der Waals surface area contributed by atoms with E-state index in [9.17, 15) is 22.0 Å². The Labute approximate surface area is 120 Å². The largest absolute Gasteiger partial charge is 0.298 e. The topological polar surface area (TPSA) is 69.0 Å². The lowest BCUT2D eigenvalue weighted by molar-refractivity contribution is 0.112. The van der Waals surface area contributed by atoms with Crippen LogP contribution in [0.25, 0.3) is 11.3 Å². The van der Waals surface area contributed by atoms with Crippen LogP contribution in [0.1, 0.15) is 10.4 Å². The number of aromatic nitrogens is 2. The minimum Gasteiger partial charge on any atom is -0.298 e. The highest BCUT2D eigenvalue weighted by Crippen LogP contribution is 2.25. The van der Waals surface area contributed by atoms with E-state index in [0.29, 0.717) is 6.29 Å². The number of carbonyl (C=O) groups is 1. The molecule has 1 heterocycles. The van der Waals surface area contributed by atoms with Crippen molar-refractivity contribution in [1.29, 1.82) is 0 Å². The van der Waals surface area contributed by atoms with E-state index in [1.807, 2.05) is 0 Å². The fourth-order valence-corrected chi connectivity index (χ4v) is 2.30. The number of nitrogens with zero attached hydrogens (tertiary/aromatic N) is 2. The lowest BCUT2D eigenvalue weighted by atomic mass is 10.1. The van der Waals surface area contributed by atoms with E-state index in [1.165, 1.54) is 10.9 Å². The number of carbonyl (C=O) groups excluding carboxylic acids is 1. The van der Waals surface area contributed by atoms with Crippen LogP contribution in [0.2, 0.25) is 0 Å². The average molecular weight is 314 g/mol. The number of sulfone groups is 1. The van der Waals surface area contributed by atoms with Crippen molar-refractivity contribution in [2.24, 2.45) is 0 Å². The summed E-state index contributed by atoms with van der Waals surface area (Å²) in [7, 11) is -3.20. The second-order valence-electron chi connectivity index (χ2n) is 4.57. The summed E-state index contributed by atoms with van der Waals surface area (Å²) in [6.07, 6.45) is 2.84. The Hall–Kier alpha value is -2.09. The molecule has 0 amide bonds. The normalized spacial score (nSPS) is 11.6. The van der Waals surface area contributed by atoms with Crippen molar-refractivity contribution < 1.29 is 22.0 Å². The maximum absolute atomic E-state index is 13.7. The Kier molecular flexibility index (Phi) is 4.17. The van der Waals surface area contributed by atoms with Crippen LogP contribution in [0.5, 0.6) is 0 Å². The van der Waals surface area contributed by atoms with Crippen molar-refractivity contribution in [1.82, 2.24) is 9.78 Å². The highest BCUT2D eigenvalue weighted by Gasteiger charge is 2.16. The fraction of sp³-hybridized carbons (Fsp3) is 0.231. The molecule has 0 N–H and O–H groups in total. The van der Waals surface area contributed by atoms with Crippen LogP contribution in [0.3, 0.4) is 0 Å². The Balaban J connectivity index is 2.42. The molecule has 0 spiro atoms. The molecule has 0 aliphatic heterocycles. The van der Waals surface area contributed by atoms with Crippen molar-refractivity contribution in [3.63, 3.8) is 0 Å². The van der Waals surface area contributed by atoms with Crippen molar-refractivity contribution in [3.05, 3.63) is 41.6 Å². The number of benzene rings is 1. The van der Waals surface area contributed by atoms with E-state index in [2.05, 4.69) is 5.10 Å². The van der Waals surface area contributed by atoms with Gasteiger partial charge in [0.25, 0.3) is 0 Å². The highest BCUT2D eigenvalue weighted by molar-refractivity contribution is 7.90. The predicted octanol–water partition coefficient (Wildman–Crippen LogP) is 1.69. The van der Waals surface area contributed by atoms with Gasteiger partial charge in [0.1, 0.15) is 27.2 Å². The summed E-state index contributed by atoms with van der Waals surface area (Å²) in [5, 5.41) is 3.97. The van der Waals surface area contributed by atoms with E-state index in [0.717, 1.165) is 24.5 Å². The van der Waals surface area contributed by atoms with Crippen LogP contribution in [0, 0.1) is 11.6 Å². The number of hydrogen-bond acceptors (Lipinski definition) is 4. The quantitative estimate of drug-likeness (QED) is 0.788. The molecule has 1 aromatic carbocycles. The summed E-state index contributed by atoms with van der Waals surface area (Å²) in [5.41, 5.74) is -0.0984. The molecule has 0 bridgehead atoms. The van der Waals surface area contributed by atoms with E-state index >= 15 is 0 Å². The molecular weight excluding hydrogens is 302 g/mol. The fourth-order valence-electron chi connectivity index (χ4n) is 1.79. The van der Waals surface area contributed by atoms with E-state index in [4.69, 9.17) is 0 Å². The van der Waals surface area contributed by atoms with Gasteiger partial charge in [-0.05, 0) is 18.2 Å². The summed E-state index contributed by atoms with van der Waals surface area (Å²) in [6, 6.07) is 2.83. The first-order chi connectivity index (χ1) is 9.80. The first-order valence-corrected chi connectivity index (χ1v) is 8.02. The van der Waals surface area contributed by atoms with Crippen molar-refractivity contribution in [2.75, 3.05) is 12.0 Å². The Morgan fingerprint density at radius 1 is 1.33 bits per heavy atom. The molecule has 0 aliphatic rings. The Bertz CT molecular complexity index is 785. The third-order valence-corrected chi connectivity index (χ3v) is 3.72. The molecule has 0 fully saturated rings. The predicted molar refractivity (Wildman–Crippen MR) is 72.7 cm³/mol. The zero-order valence-corrected chi connectivity index (χ0v) is 11.9. The molecule has 0 saturated heterocycles. The average Bonchev–Trinajstić information content (AvgIpc) is 2.81. The number of aldehydes is 1. The second kappa shape index (κ2) is 5.72. The molecule has 5 nitrogen and oxygen atoms in total. The van der Waals surface area contributed by atoms with Gasteiger partial charge < -0.3 is 0 Å². The Morgan fingerprint density at radius 2 is 2.05 bits per heavy atom. The zero-order valence-electron chi connectivity index (χ0n) is 11.1. The molecule has 2 rings (SSSR count). The van der Waals surface area contributed by atoms with Gasteiger partial charge in [0.15, 0.2) is 6.29 Å². The molecule has 2 aromatic rings. The van der Waals surface area contributed by atoms with Gasteiger partial charge in [-0.2, -0.15) is 5.10 Å². The summed E-state index contributed by atoms with van der Waals surface area (Å²) in [5.74, 6) is -1.54. The molecule has 0 aliphatic carbocycles. The molecule has 0 radical (unpaired) electrons. The van der Waals surface area contributed by atoms with Gasteiger partial charge >= 0.3 is 0 Å². The second-order valence-corrected chi connectivity index (χ2v) is 6.83. The molecule has 1 aromatic heterocycles. The van der Waals surface area contributed by atoms with Crippen molar-refractivity contribution in [3.8, 4) is 11.3 Å². The summed E-state index contributed by atoms with van der Waals surface area (Å²) >= 11 is 0. The van der Waals surface area contributed by atoms with Crippen LogP contribution in [-0.2, 0) is 16.4 Å². The van der Waals surface area contributed by atoms with Gasteiger partial charge in [0, 0.05) is 18.0 Å². The molecule has 8 heteroatoms. The number of hydrogen-bond donors (Lipinski definition) is 0. The van der Waals surface area contributed by atoms with Gasteiger partial charge in [-0.25, -0.2) is 17.2 Å². The van der Waals surface area contributed by atoms with Crippen LogP contribution in [0.15, 0.2) is 24.4 Å². The van der Waals surface area contributed by atoms with Crippen LogP contribution in [0.4, 0.5) is 8.78 Å². The van der Waals surface area contributed by atoms with E-state index < -0.39 is 21.5 Å². The Morgan fingerprint density at radius 3 is 2.67 bits per heavy atom. The van der Waals surface area contributed by atoms with Gasteiger partial charge in [-0.15, -0.1) is 0 Å². The molecule has 112 valence electrons. The molecule has 0 unspecified atom stereocenters. The van der Waals surface area contributed by atoms with Crippen LogP contribution < -0.4 is 0 Å². The van der Waals surface area contributed by atoms with Crippen molar-refractivity contribution >= 4 is 16.1 Å². The summed E-state index contributed by atoms with van der Waals surface area (Å²) in [6.45, 7) is 0.0244. The first kappa shape index (κ1) is 15.3. The van der Waals surface area contributed by atoms with Gasteiger partial charge in [-0.3, -0.25) is 9.48 Å². The van der Waals surface area contributed by atoms with Gasteiger partial charge in [0.05, 0.1) is 17.9 Å². The minimum atomic E-state index is -3.20. The maximum Gasteiger partial charge on any atom is 0.153 e. The monoisotopic (exact) mass is 314 g/mol. The first-order valence-electron chi connectivity index (χ1n) is 5.96. The number of aryl methyl sites for hydroxylation is 1. The maximum atomic E-state index is 13.7. The van der Waals surface area contributed by atoms with Gasteiger partial charge in [-0.1, -0.05) is 0 Å². The van der Waals surface area contributed by atoms with Crippen molar-refractivity contribution in [2.45, 2.75) is 6.54 Å². The lowest BCUT2D eigenvalue weighted by Crippen LogP contribution is -2.11. The SMILES string of the molecule is CS(=O)(=O)CCn1cc(C=O)c(-c2cc(F)ccc2F)n1. The minimum absolute atomic E-state index is 0.0181. The molecule has 0 saturated carbocycles. The van der Waals surface area contributed by atoms with Crippen LogP contribution in [-0.4, -0.2) is 36.5 Å². The highest BCUT2D eigenvalue weighted by atomic mass is 32.2. The van der Waals surface area contributed by atoms with E-state index in [1.54, 1.807) is 0 Å². The molecule has 21 heavy (non-hydrogen) atoms. The third-order valence-electron chi connectivity index (χ3n) is 2.79. The lowest BCUT2D eigenvalue weighted by Gasteiger charge is -2.01. The zero-order chi connectivity index (χ0) is 15.6. The number of rotatable bonds is 5. The van der Waals surface area contributed by atoms with Crippen LogP contribution >= 0.6 is 0 Å². The summed E-state index contributed by atoms with van der Waals surface area (Å²) < 4.78 is 50.4. The molecule has 0 atom stereocenters. The summed E-state index contributed by atoms with van der Waals surface area (Å²) in [4.78, 5) is 11.0. The standard InChI is InChI=1S/C13H12F2N2O3S/c1-21(19,20)5-4-17-7-9(8-18)13(16-17)11-6-10(14)2-3-12(11)15/h2-3,6-8H,4-5H2,1H3. The smallest absolute Gasteiger partial charge is 0.153 e.